The molecule has 0 N–H and O–H groups in total. The fraction of sp³-hybridized carbons (Fsp3) is 0.450. The summed E-state index contributed by atoms with van der Waals surface area (Å²) in [6, 6.07) is 10.4. The van der Waals surface area contributed by atoms with Gasteiger partial charge in [0.25, 0.3) is 0 Å². The first-order valence-corrected chi connectivity index (χ1v) is 10.1. The zero-order chi connectivity index (χ0) is 17.9. The zero-order valence-electron chi connectivity index (χ0n) is 14.7. The molecule has 1 saturated heterocycles. The molecule has 2 aromatic rings. The Bertz CT molecular complexity index is 784. The van der Waals surface area contributed by atoms with Crippen LogP contribution in [-0.4, -0.2) is 34.9 Å². The number of piperidine rings is 1. The summed E-state index contributed by atoms with van der Waals surface area (Å²) in [5.41, 5.74) is 0.576. The lowest BCUT2D eigenvalue weighted by molar-refractivity contribution is -0.137. The number of nitrogens with zero attached hydrogens (tertiary/aromatic N) is 4. The Labute approximate surface area is 157 Å². The van der Waals surface area contributed by atoms with Crippen molar-refractivity contribution in [1.29, 1.82) is 5.26 Å². The summed E-state index contributed by atoms with van der Waals surface area (Å²) in [5.74, 6) is 1.34. The Kier molecular flexibility index (Phi) is 4.89. The van der Waals surface area contributed by atoms with Crippen LogP contribution in [0.2, 0.25) is 0 Å². The van der Waals surface area contributed by atoms with Gasteiger partial charge in [0.05, 0.1) is 12.1 Å². The van der Waals surface area contributed by atoms with Crippen LogP contribution in [0.4, 0.5) is 5.82 Å². The first-order chi connectivity index (χ1) is 12.7. The van der Waals surface area contributed by atoms with Crippen molar-refractivity contribution in [3.8, 4) is 6.07 Å². The van der Waals surface area contributed by atoms with E-state index in [1.807, 2.05) is 6.07 Å². The quantitative estimate of drug-likeness (QED) is 0.813. The Morgan fingerprint density at radius 2 is 2.08 bits per heavy atom. The number of amides is 1. The molecular weight excluding hydrogens is 344 g/mol. The van der Waals surface area contributed by atoms with Crippen LogP contribution in [0.1, 0.15) is 36.1 Å². The number of hydrogen-bond donors (Lipinski definition) is 0. The molecule has 1 aliphatic carbocycles. The van der Waals surface area contributed by atoms with E-state index in [1.165, 1.54) is 4.88 Å². The molecular formula is C20H22N4OS. The van der Waals surface area contributed by atoms with Crippen molar-refractivity contribution < 1.29 is 4.79 Å². The number of pyridine rings is 1. The van der Waals surface area contributed by atoms with E-state index < -0.39 is 0 Å². The third-order valence-electron chi connectivity index (χ3n) is 5.22. The molecule has 0 atom stereocenters. The second-order valence-corrected chi connectivity index (χ2v) is 8.09. The van der Waals surface area contributed by atoms with Gasteiger partial charge < -0.3 is 9.80 Å². The molecule has 0 unspecified atom stereocenters. The van der Waals surface area contributed by atoms with Gasteiger partial charge in [-0.2, -0.15) is 5.26 Å². The minimum Gasteiger partial charge on any atom is -0.357 e. The van der Waals surface area contributed by atoms with Gasteiger partial charge in [0.1, 0.15) is 11.9 Å². The van der Waals surface area contributed by atoms with Crippen molar-refractivity contribution in [2.45, 2.75) is 38.3 Å². The lowest BCUT2D eigenvalue weighted by Crippen LogP contribution is -2.43. The Morgan fingerprint density at radius 3 is 2.65 bits per heavy atom. The van der Waals surface area contributed by atoms with Gasteiger partial charge >= 0.3 is 0 Å². The number of aromatic nitrogens is 1. The number of hydrogen-bond acceptors (Lipinski definition) is 5. The zero-order valence-corrected chi connectivity index (χ0v) is 15.5. The molecule has 2 aromatic heterocycles. The van der Waals surface area contributed by atoms with Crippen LogP contribution in [0, 0.1) is 17.2 Å². The van der Waals surface area contributed by atoms with E-state index in [0.29, 0.717) is 17.5 Å². The van der Waals surface area contributed by atoms with Crippen LogP contribution in [0.15, 0.2) is 35.8 Å². The highest BCUT2D eigenvalue weighted by Gasteiger charge is 2.37. The second-order valence-electron chi connectivity index (χ2n) is 7.05. The molecule has 6 heteroatoms. The van der Waals surface area contributed by atoms with Crippen LogP contribution in [0.25, 0.3) is 0 Å². The Hall–Kier alpha value is -2.39. The highest BCUT2D eigenvalue weighted by atomic mass is 32.1. The van der Waals surface area contributed by atoms with Gasteiger partial charge in [0.2, 0.25) is 5.91 Å². The average molecular weight is 366 g/mol. The molecule has 2 aliphatic rings. The third-order valence-corrected chi connectivity index (χ3v) is 6.08. The lowest BCUT2D eigenvalue weighted by atomic mass is 9.95. The van der Waals surface area contributed by atoms with Crippen LogP contribution in [0.5, 0.6) is 0 Å². The molecule has 0 aromatic carbocycles. The Morgan fingerprint density at radius 1 is 1.27 bits per heavy atom. The SMILES string of the molecule is N#Cc1ccc(N2CCC(C(=O)N(Cc3cccs3)C3CC3)CC2)nc1. The minimum atomic E-state index is 0.116. The predicted octanol–water partition coefficient (Wildman–Crippen LogP) is 3.42. The van der Waals surface area contributed by atoms with Gasteiger partial charge in [-0.05, 0) is 49.3 Å². The van der Waals surface area contributed by atoms with E-state index in [4.69, 9.17) is 5.26 Å². The number of anilines is 1. The standard InChI is InChI=1S/C20H22N4OS/c21-12-15-3-6-19(22-13-15)23-9-7-16(8-10-23)20(25)24(17-4-5-17)14-18-2-1-11-26-18/h1-3,6,11,13,16-17H,4-5,7-10,14H2. The van der Waals surface area contributed by atoms with Gasteiger partial charge in [0.15, 0.2) is 0 Å². The smallest absolute Gasteiger partial charge is 0.226 e. The molecule has 0 spiro atoms. The van der Waals surface area contributed by atoms with E-state index in [1.54, 1.807) is 23.6 Å². The summed E-state index contributed by atoms with van der Waals surface area (Å²) in [6.07, 6.45) is 5.64. The van der Waals surface area contributed by atoms with Crippen LogP contribution >= 0.6 is 11.3 Å². The normalized spacial score (nSPS) is 17.7. The molecule has 3 heterocycles. The molecule has 1 amide bonds. The maximum absolute atomic E-state index is 13.1. The molecule has 1 saturated carbocycles. The largest absolute Gasteiger partial charge is 0.357 e. The fourth-order valence-corrected chi connectivity index (χ4v) is 4.28. The molecule has 0 radical (unpaired) electrons. The minimum absolute atomic E-state index is 0.116. The summed E-state index contributed by atoms with van der Waals surface area (Å²) < 4.78 is 0. The fourth-order valence-electron chi connectivity index (χ4n) is 3.57. The summed E-state index contributed by atoms with van der Waals surface area (Å²) >= 11 is 1.73. The first kappa shape index (κ1) is 17.0. The van der Waals surface area contributed by atoms with E-state index in [0.717, 1.165) is 51.1 Å². The average Bonchev–Trinajstić information content (AvgIpc) is 3.41. The van der Waals surface area contributed by atoms with Gasteiger partial charge in [0, 0.05) is 36.1 Å². The van der Waals surface area contributed by atoms with Crippen molar-refractivity contribution in [3.05, 3.63) is 46.3 Å². The van der Waals surface area contributed by atoms with Gasteiger partial charge in [-0.25, -0.2) is 4.98 Å². The van der Waals surface area contributed by atoms with Crippen molar-refractivity contribution in [2.75, 3.05) is 18.0 Å². The number of carbonyl (C=O) groups excluding carboxylic acids is 1. The summed E-state index contributed by atoms with van der Waals surface area (Å²) in [7, 11) is 0. The van der Waals surface area contributed by atoms with Gasteiger partial charge in [-0.3, -0.25) is 4.79 Å². The number of nitriles is 1. The molecule has 1 aliphatic heterocycles. The van der Waals surface area contributed by atoms with Crippen molar-refractivity contribution in [3.63, 3.8) is 0 Å². The monoisotopic (exact) mass is 366 g/mol. The molecule has 26 heavy (non-hydrogen) atoms. The topological polar surface area (TPSA) is 60.2 Å². The molecule has 5 nitrogen and oxygen atoms in total. The van der Waals surface area contributed by atoms with Crippen molar-refractivity contribution >= 4 is 23.1 Å². The third kappa shape index (κ3) is 3.73. The van der Waals surface area contributed by atoms with E-state index in [2.05, 4.69) is 38.4 Å². The number of carbonyl (C=O) groups is 1. The predicted molar refractivity (Wildman–Crippen MR) is 102 cm³/mol. The highest BCUT2D eigenvalue weighted by Crippen LogP contribution is 2.33. The molecule has 0 bridgehead atoms. The molecule has 134 valence electrons. The van der Waals surface area contributed by atoms with E-state index in [9.17, 15) is 4.79 Å². The molecule has 4 rings (SSSR count). The maximum atomic E-state index is 13.1. The van der Waals surface area contributed by atoms with Gasteiger partial charge in [-0.15, -0.1) is 11.3 Å². The summed E-state index contributed by atoms with van der Waals surface area (Å²) in [6.45, 7) is 2.44. The molecule has 2 fully saturated rings. The first-order valence-electron chi connectivity index (χ1n) is 9.18. The highest BCUT2D eigenvalue weighted by molar-refractivity contribution is 7.09. The van der Waals surface area contributed by atoms with Crippen LogP contribution in [-0.2, 0) is 11.3 Å². The van der Waals surface area contributed by atoms with E-state index in [-0.39, 0.29) is 5.92 Å². The maximum Gasteiger partial charge on any atom is 0.226 e. The number of rotatable bonds is 5. The van der Waals surface area contributed by atoms with Crippen LogP contribution in [0.3, 0.4) is 0 Å². The lowest BCUT2D eigenvalue weighted by Gasteiger charge is -2.35. The van der Waals surface area contributed by atoms with E-state index >= 15 is 0 Å². The summed E-state index contributed by atoms with van der Waals surface area (Å²) in [5, 5.41) is 11.0. The van der Waals surface area contributed by atoms with Gasteiger partial charge in [-0.1, -0.05) is 6.07 Å². The number of thiophene rings is 1. The van der Waals surface area contributed by atoms with Crippen molar-refractivity contribution in [2.24, 2.45) is 5.92 Å². The van der Waals surface area contributed by atoms with Crippen molar-refractivity contribution in [1.82, 2.24) is 9.88 Å². The van der Waals surface area contributed by atoms with Crippen LogP contribution < -0.4 is 4.90 Å². The summed E-state index contributed by atoms with van der Waals surface area (Å²) in [4.78, 5) is 23.1. The Balaban J connectivity index is 1.37. The second kappa shape index (κ2) is 7.46.